The summed E-state index contributed by atoms with van der Waals surface area (Å²) in [5.74, 6) is 1.88. The van der Waals surface area contributed by atoms with Crippen LogP contribution in [0.15, 0.2) is 239 Å². The van der Waals surface area contributed by atoms with E-state index in [2.05, 4.69) is 205 Å². The highest BCUT2D eigenvalue weighted by molar-refractivity contribution is 5.92. The van der Waals surface area contributed by atoms with Crippen molar-refractivity contribution in [2.75, 3.05) is 9.80 Å². The van der Waals surface area contributed by atoms with Gasteiger partial charge >= 0.3 is 0 Å². The molecular weight excluding hydrogens is 961 g/mol. The first-order valence-corrected chi connectivity index (χ1v) is 26.2. The van der Waals surface area contributed by atoms with Crippen LogP contribution in [0.3, 0.4) is 0 Å². The summed E-state index contributed by atoms with van der Waals surface area (Å²) >= 11 is 0. The SMILES string of the molecule is CC(C)(C)c1ccc(C(C)(C)C)c2nc(-c3ccc(N(c4ccccc4)c4ccc(-c5nnc(-c6ccccc6)o5)cc4)cc3)c(-c3ccc(N(c4ccccc4)c4ccc(-c5nnc(-c6ccccc6)o5)cc4)cc3)nc12. The molecule has 9 aromatic carbocycles. The predicted molar refractivity (Wildman–Crippen MR) is 315 cm³/mol. The first kappa shape index (κ1) is 49.1. The number of hydrogen-bond acceptors (Lipinski definition) is 10. The number of para-hydroxylation sites is 2. The normalized spacial score (nSPS) is 11.7. The molecule has 0 bridgehead atoms. The number of benzene rings is 9. The number of aromatic nitrogens is 6. The molecule has 0 radical (unpaired) electrons. The molecule has 12 aromatic rings. The molecule has 12 rings (SSSR count). The predicted octanol–water partition coefficient (Wildman–Crippen LogP) is 17.9. The minimum atomic E-state index is -0.192. The van der Waals surface area contributed by atoms with Gasteiger partial charge in [0.15, 0.2) is 0 Å². The van der Waals surface area contributed by atoms with E-state index in [0.717, 1.165) is 101 Å². The lowest BCUT2D eigenvalue weighted by molar-refractivity contribution is 0.583. The Bertz CT molecular complexity index is 3740. The van der Waals surface area contributed by atoms with Gasteiger partial charge in [-0.2, -0.15) is 0 Å². The first-order chi connectivity index (χ1) is 37.9. The Labute approximate surface area is 454 Å². The maximum Gasteiger partial charge on any atom is 0.248 e. The Kier molecular flexibility index (Phi) is 12.8. The van der Waals surface area contributed by atoms with Crippen LogP contribution in [0.2, 0.25) is 0 Å². The van der Waals surface area contributed by atoms with Gasteiger partial charge in [0, 0.05) is 67.5 Å². The molecule has 0 aliphatic heterocycles. The third kappa shape index (κ3) is 9.83. The van der Waals surface area contributed by atoms with E-state index in [1.807, 2.05) is 97.1 Å². The van der Waals surface area contributed by atoms with Gasteiger partial charge in [0.2, 0.25) is 23.6 Å². The number of anilines is 6. The molecule has 0 saturated carbocycles. The van der Waals surface area contributed by atoms with E-state index in [9.17, 15) is 0 Å². The molecule has 0 amide bonds. The molecule has 0 atom stereocenters. The van der Waals surface area contributed by atoms with Crippen molar-refractivity contribution in [1.29, 1.82) is 0 Å². The third-order valence-corrected chi connectivity index (χ3v) is 13.9. The van der Waals surface area contributed by atoms with Crippen LogP contribution in [-0.4, -0.2) is 30.4 Å². The van der Waals surface area contributed by atoms with E-state index >= 15 is 0 Å². The fourth-order valence-electron chi connectivity index (χ4n) is 9.91. The Hall–Kier alpha value is -9.80. The smallest absolute Gasteiger partial charge is 0.248 e. The minimum Gasteiger partial charge on any atom is -0.416 e. The van der Waals surface area contributed by atoms with E-state index in [0.29, 0.717) is 23.6 Å². The summed E-state index contributed by atoms with van der Waals surface area (Å²) in [5.41, 5.74) is 16.6. The van der Waals surface area contributed by atoms with Crippen molar-refractivity contribution in [2.45, 2.75) is 52.4 Å². The lowest BCUT2D eigenvalue weighted by Gasteiger charge is -2.27. The molecule has 0 aliphatic rings. The number of hydrogen-bond donors (Lipinski definition) is 0. The molecule has 0 unspecified atom stereocenters. The van der Waals surface area contributed by atoms with Crippen LogP contribution < -0.4 is 9.80 Å². The molecule has 3 heterocycles. The maximum atomic E-state index is 6.12. The first-order valence-electron chi connectivity index (χ1n) is 26.2. The van der Waals surface area contributed by atoms with Crippen molar-refractivity contribution in [3.63, 3.8) is 0 Å². The molecule has 0 saturated heterocycles. The zero-order chi connectivity index (χ0) is 53.4. The van der Waals surface area contributed by atoms with Crippen LogP contribution in [0.25, 0.3) is 79.4 Å². The van der Waals surface area contributed by atoms with E-state index in [4.69, 9.17) is 18.8 Å². The summed E-state index contributed by atoms with van der Waals surface area (Å²) in [6.45, 7) is 13.5. The van der Waals surface area contributed by atoms with E-state index in [1.165, 1.54) is 0 Å². The highest BCUT2D eigenvalue weighted by Gasteiger charge is 2.27. The van der Waals surface area contributed by atoms with Gasteiger partial charge in [0.25, 0.3) is 0 Å². The van der Waals surface area contributed by atoms with Crippen molar-refractivity contribution in [1.82, 2.24) is 30.4 Å². The van der Waals surface area contributed by atoms with Crippen molar-refractivity contribution >= 4 is 45.2 Å². The zero-order valence-corrected chi connectivity index (χ0v) is 44.3. The van der Waals surface area contributed by atoms with Gasteiger partial charge in [-0.15, -0.1) is 20.4 Å². The molecule has 0 fully saturated rings. The summed E-state index contributed by atoms with van der Waals surface area (Å²) in [6, 6.07) is 78.7. The monoisotopic (exact) mass is 1020 g/mol. The number of nitrogens with zero attached hydrogens (tertiary/aromatic N) is 8. The Morgan fingerprint density at radius 1 is 0.269 bits per heavy atom. The fourth-order valence-corrected chi connectivity index (χ4v) is 9.91. The maximum absolute atomic E-state index is 6.12. The highest BCUT2D eigenvalue weighted by Crippen LogP contribution is 2.43. The van der Waals surface area contributed by atoms with Crippen LogP contribution >= 0.6 is 0 Å². The second-order valence-electron chi connectivity index (χ2n) is 21.4. The van der Waals surface area contributed by atoms with Crippen molar-refractivity contribution in [3.05, 3.63) is 242 Å². The zero-order valence-electron chi connectivity index (χ0n) is 44.3. The molecule has 0 spiro atoms. The Morgan fingerprint density at radius 2 is 0.513 bits per heavy atom. The van der Waals surface area contributed by atoms with Gasteiger partial charge in [0.1, 0.15) is 0 Å². The molecule has 78 heavy (non-hydrogen) atoms. The molecule has 3 aromatic heterocycles. The Balaban J connectivity index is 0.928. The van der Waals surface area contributed by atoms with Gasteiger partial charge in [-0.1, -0.05) is 151 Å². The van der Waals surface area contributed by atoms with Crippen LogP contribution in [0.4, 0.5) is 34.1 Å². The molecule has 10 nitrogen and oxygen atoms in total. The van der Waals surface area contributed by atoms with Crippen LogP contribution in [0.1, 0.15) is 52.7 Å². The molecule has 0 aliphatic carbocycles. The number of rotatable bonds is 12. The second-order valence-corrected chi connectivity index (χ2v) is 21.4. The van der Waals surface area contributed by atoms with E-state index < -0.39 is 0 Å². The topological polar surface area (TPSA) is 110 Å². The average molecular weight is 1020 g/mol. The van der Waals surface area contributed by atoms with Crippen molar-refractivity contribution < 1.29 is 8.83 Å². The second kappa shape index (κ2) is 20.4. The molecule has 10 heteroatoms. The lowest BCUT2D eigenvalue weighted by atomic mass is 9.80. The largest absolute Gasteiger partial charge is 0.416 e. The summed E-state index contributed by atoms with van der Waals surface area (Å²) in [6.07, 6.45) is 0. The lowest BCUT2D eigenvalue weighted by Crippen LogP contribution is -2.18. The summed E-state index contributed by atoms with van der Waals surface area (Å²) in [7, 11) is 0. The van der Waals surface area contributed by atoms with Gasteiger partial charge < -0.3 is 18.6 Å². The van der Waals surface area contributed by atoms with Crippen LogP contribution in [-0.2, 0) is 10.8 Å². The van der Waals surface area contributed by atoms with Crippen molar-refractivity contribution in [2.24, 2.45) is 0 Å². The van der Waals surface area contributed by atoms with Crippen LogP contribution in [0.5, 0.6) is 0 Å². The van der Waals surface area contributed by atoms with Crippen LogP contribution in [0, 0.1) is 0 Å². The molecule has 0 N–H and O–H groups in total. The van der Waals surface area contributed by atoms with Gasteiger partial charge in [-0.3, -0.25) is 0 Å². The fraction of sp³-hybridized carbons (Fsp3) is 0.118. The Morgan fingerprint density at radius 3 is 0.795 bits per heavy atom. The standard InChI is InChI=1S/C68H56N8O2/c1-67(2,3)57-43-44-58(68(4,5)6)62-61(57)69-59(45-27-35-53(36-28-45)75(51-23-15-9-16-24-51)55-39-31-49(32-40-55)65-73-71-63(77-65)47-19-11-7-12-20-47)60(70-62)46-29-37-54(38-30-46)76(52-25-17-10-18-26-52)56-41-33-50(34-42-56)66-74-72-64(78-66)48-21-13-8-14-22-48/h7-44H,1-6H3. The van der Waals surface area contributed by atoms with Gasteiger partial charge in [0.05, 0.1) is 22.4 Å². The van der Waals surface area contributed by atoms with Gasteiger partial charge in [-0.05, 0) is 143 Å². The summed E-state index contributed by atoms with van der Waals surface area (Å²) in [4.78, 5) is 15.9. The highest BCUT2D eigenvalue weighted by atomic mass is 16.4. The average Bonchev–Trinajstić information content (AvgIpc) is 4.20. The number of fused-ring (bicyclic) bond motifs is 1. The third-order valence-electron chi connectivity index (χ3n) is 13.9. The minimum absolute atomic E-state index is 0.192. The van der Waals surface area contributed by atoms with E-state index in [-0.39, 0.29) is 10.8 Å². The molecular formula is C68H56N8O2. The van der Waals surface area contributed by atoms with Crippen molar-refractivity contribution in [3.8, 4) is 68.3 Å². The van der Waals surface area contributed by atoms with E-state index in [1.54, 1.807) is 0 Å². The van der Waals surface area contributed by atoms with Gasteiger partial charge in [-0.25, -0.2) is 9.97 Å². The quantitative estimate of drug-likeness (QED) is 0.117. The summed E-state index contributed by atoms with van der Waals surface area (Å²) < 4.78 is 12.2. The molecule has 380 valence electrons. The summed E-state index contributed by atoms with van der Waals surface area (Å²) in [5, 5.41) is 17.4.